The molecule has 0 unspecified atom stereocenters. The van der Waals surface area contributed by atoms with Crippen molar-refractivity contribution in [1.29, 1.82) is 0 Å². The molecule has 1 amide bonds. The fourth-order valence-corrected chi connectivity index (χ4v) is 3.72. The highest BCUT2D eigenvalue weighted by Crippen LogP contribution is 2.22. The van der Waals surface area contributed by atoms with Crippen molar-refractivity contribution in [3.8, 4) is 0 Å². The number of para-hydroxylation sites is 1. The van der Waals surface area contributed by atoms with E-state index in [1.54, 1.807) is 0 Å². The summed E-state index contributed by atoms with van der Waals surface area (Å²) in [6, 6.07) is 16.2. The number of benzene rings is 1. The minimum Gasteiger partial charge on any atom is -0.336 e. The van der Waals surface area contributed by atoms with Crippen LogP contribution in [0.1, 0.15) is 34.7 Å². The number of fused-ring (bicyclic) bond motifs is 1. The van der Waals surface area contributed by atoms with E-state index < -0.39 is 0 Å². The first-order valence-corrected chi connectivity index (χ1v) is 9.44. The van der Waals surface area contributed by atoms with Gasteiger partial charge in [0, 0.05) is 43.8 Å². The molecule has 0 saturated carbocycles. The summed E-state index contributed by atoms with van der Waals surface area (Å²) in [5.41, 5.74) is 3.51. The molecule has 4 rings (SSSR count). The van der Waals surface area contributed by atoms with Crippen molar-refractivity contribution in [1.82, 2.24) is 19.8 Å². The Labute approximate surface area is 159 Å². The highest BCUT2D eigenvalue weighted by atomic mass is 16.2. The normalized spacial score (nSPS) is 16.4. The topological polar surface area (TPSA) is 49.3 Å². The Hall–Kier alpha value is -2.79. The fourth-order valence-electron chi connectivity index (χ4n) is 3.72. The number of aryl methyl sites for hydroxylation is 1. The number of pyridine rings is 2. The van der Waals surface area contributed by atoms with Crippen LogP contribution < -0.4 is 0 Å². The zero-order valence-corrected chi connectivity index (χ0v) is 15.8. The summed E-state index contributed by atoms with van der Waals surface area (Å²) in [5.74, 6) is 0.0795. The molecule has 1 atom stereocenters. The van der Waals surface area contributed by atoms with Crippen molar-refractivity contribution in [2.24, 2.45) is 0 Å². The highest BCUT2D eigenvalue weighted by Gasteiger charge is 2.26. The molecule has 1 aliphatic rings. The summed E-state index contributed by atoms with van der Waals surface area (Å²) in [6.45, 7) is 7.24. The van der Waals surface area contributed by atoms with Crippen molar-refractivity contribution < 1.29 is 4.79 Å². The Morgan fingerprint density at radius 2 is 1.78 bits per heavy atom. The van der Waals surface area contributed by atoms with E-state index in [0.29, 0.717) is 5.56 Å². The van der Waals surface area contributed by atoms with Gasteiger partial charge < -0.3 is 4.90 Å². The van der Waals surface area contributed by atoms with Crippen molar-refractivity contribution in [2.45, 2.75) is 19.9 Å². The summed E-state index contributed by atoms with van der Waals surface area (Å²) >= 11 is 0. The van der Waals surface area contributed by atoms with E-state index >= 15 is 0 Å². The van der Waals surface area contributed by atoms with Crippen LogP contribution in [0, 0.1) is 6.92 Å². The number of rotatable bonds is 3. The second kappa shape index (κ2) is 7.45. The summed E-state index contributed by atoms with van der Waals surface area (Å²) in [7, 11) is 0. The summed E-state index contributed by atoms with van der Waals surface area (Å²) in [4.78, 5) is 26.5. The quantitative estimate of drug-likeness (QED) is 0.718. The lowest BCUT2D eigenvalue weighted by molar-refractivity contribution is 0.0578. The zero-order chi connectivity index (χ0) is 18.8. The first kappa shape index (κ1) is 17.6. The molecular formula is C22H24N4O. The van der Waals surface area contributed by atoms with Crippen LogP contribution in [0.5, 0.6) is 0 Å². The predicted octanol–water partition coefficient (Wildman–Crippen LogP) is 3.46. The van der Waals surface area contributed by atoms with E-state index in [0.717, 1.165) is 48.5 Å². The van der Waals surface area contributed by atoms with Crippen LogP contribution >= 0.6 is 0 Å². The minimum atomic E-state index is 0.0795. The molecule has 3 heterocycles. The molecule has 0 N–H and O–H groups in total. The summed E-state index contributed by atoms with van der Waals surface area (Å²) in [5, 5.41) is 1.01. The third kappa shape index (κ3) is 3.55. The maximum atomic E-state index is 13.1. The van der Waals surface area contributed by atoms with Gasteiger partial charge in [0.15, 0.2) is 0 Å². The average Bonchev–Trinajstić information content (AvgIpc) is 2.73. The van der Waals surface area contributed by atoms with E-state index in [1.807, 2.05) is 60.5 Å². The Bertz CT molecular complexity index is 949. The summed E-state index contributed by atoms with van der Waals surface area (Å²) < 4.78 is 0. The predicted molar refractivity (Wildman–Crippen MR) is 107 cm³/mol. The number of aromatic nitrogens is 2. The van der Waals surface area contributed by atoms with Crippen LogP contribution in [0.25, 0.3) is 10.9 Å². The van der Waals surface area contributed by atoms with Gasteiger partial charge in [0.1, 0.15) is 0 Å². The molecule has 1 aliphatic heterocycles. The van der Waals surface area contributed by atoms with Gasteiger partial charge in [-0.1, -0.05) is 24.3 Å². The van der Waals surface area contributed by atoms with Gasteiger partial charge in [-0.15, -0.1) is 0 Å². The summed E-state index contributed by atoms with van der Waals surface area (Å²) in [6.07, 6.45) is 1.83. The van der Waals surface area contributed by atoms with Gasteiger partial charge in [-0.05, 0) is 38.1 Å². The number of amides is 1. The van der Waals surface area contributed by atoms with Crippen molar-refractivity contribution in [3.05, 3.63) is 71.7 Å². The van der Waals surface area contributed by atoms with Crippen LogP contribution in [-0.4, -0.2) is 51.9 Å². The Balaban J connectivity index is 1.47. The molecule has 0 radical (unpaired) electrons. The van der Waals surface area contributed by atoms with Crippen LogP contribution in [0.15, 0.2) is 54.7 Å². The van der Waals surface area contributed by atoms with Gasteiger partial charge in [-0.25, -0.2) is 0 Å². The van der Waals surface area contributed by atoms with Crippen LogP contribution in [0.4, 0.5) is 0 Å². The first-order chi connectivity index (χ1) is 13.1. The van der Waals surface area contributed by atoms with Gasteiger partial charge in [0.25, 0.3) is 5.91 Å². The second-order valence-corrected chi connectivity index (χ2v) is 7.07. The molecule has 0 spiro atoms. The van der Waals surface area contributed by atoms with Gasteiger partial charge >= 0.3 is 0 Å². The third-order valence-electron chi connectivity index (χ3n) is 5.41. The zero-order valence-electron chi connectivity index (χ0n) is 15.8. The lowest BCUT2D eigenvalue weighted by atomic mass is 10.1. The van der Waals surface area contributed by atoms with Gasteiger partial charge in [-0.3, -0.25) is 19.7 Å². The Kier molecular flexibility index (Phi) is 4.86. The Morgan fingerprint density at radius 3 is 2.52 bits per heavy atom. The van der Waals surface area contributed by atoms with E-state index in [4.69, 9.17) is 0 Å². The lowest BCUT2D eigenvalue weighted by Crippen LogP contribution is -2.49. The van der Waals surface area contributed by atoms with Gasteiger partial charge in [0.05, 0.1) is 22.5 Å². The molecule has 138 valence electrons. The molecule has 3 aromatic rings. The van der Waals surface area contributed by atoms with E-state index in [-0.39, 0.29) is 11.9 Å². The molecule has 5 heteroatoms. The third-order valence-corrected chi connectivity index (χ3v) is 5.41. The number of carbonyl (C=O) groups is 1. The molecule has 0 bridgehead atoms. The van der Waals surface area contributed by atoms with Gasteiger partial charge in [-0.2, -0.15) is 0 Å². The fraction of sp³-hybridized carbons (Fsp3) is 0.318. The largest absolute Gasteiger partial charge is 0.336 e. The molecule has 1 fully saturated rings. The molecule has 5 nitrogen and oxygen atoms in total. The second-order valence-electron chi connectivity index (χ2n) is 7.07. The lowest BCUT2D eigenvalue weighted by Gasteiger charge is -2.38. The standard InChI is InChI=1S/C22H24N4O/c1-16-19(15-18-7-3-4-9-21(18)24-16)22(27)26-13-11-25(12-14-26)17(2)20-8-5-6-10-23-20/h3-10,15,17H,11-14H2,1-2H3/t17-/m0/s1. The number of nitrogens with zero attached hydrogens (tertiary/aromatic N) is 4. The molecule has 2 aromatic heterocycles. The Morgan fingerprint density at radius 1 is 1.04 bits per heavy atom. The molecule has 1 aromatic carbocycles. The van der Waals surface area contributed by atoms with Crippen LogP contribution in [-0.2, 0) is 0 Å². The van der Waals surface area contributed by atoms with Gasteiger partial charge in [0.2, 0.25) is 0 Å². The maximum absolute atomic E-state index is 13.1. The molecule has 27 heavy (non-hydrogen) atoms. The number of piperazine rings is 1. The average molecular weight is 360 g/mol. The number of carbonyl (C=O) groups excluding carboxylic acids is 1. The maximum Gasteiger partial charge on any atom is 0.255 e. The van der Waals surface area contributed by atoms with Crippen molar-refractivity contribution in [2.75, 3.05) is 26.2 Å². The molecular weight excluding hydrogens is 336 g/mol. The number of hydrogen-bond acceptors (Lipinski definition) is 4. The minimum absolute atomic E-state index is 0.0795. The van der Waals surface area contributed by atoms with E-state index in [2.05, 4.69) is 27.9 Å². The monoisotopic (exact) mass is 360 g/mol. The van der Waals surface area contributed by atoms with Crippen LogP contribution in [0.2, 0.25) is 0 Å². The first-order valence-electron chi connectivity index (χ1n) is 9.44. The smallest absolute Gasteiger partial charge is 0.255 e. The number of hydrogen-bond donors (Lipinski definition) is 0. The van der Waals surface area contributed by atoms with E-state index in [9.17, 15) is 4.79 Å². The highest BCUT2D eigenvalue weighted by molar-refractivity contribution is 5.98. The SMILES string of the molecule is Cc1nc2ccccc2cc1C(=O)N1CCN([C@@H](C)c2ccccn2)CC1. The van der Waals surface area contributed by atoms with Crippen LogP contribution in [0.3, 0.4) is 0 Å². The van der Waals surface area contributed by atoms with Crippen molar-refractivity contribution in [3.63, 3.8) is 0 Å². The van der Waals surface area contributed by atoms with E-state index in [1.165, 1.54) is 0 Å². The van der Waals surface area contributed by atoms with Crippen molar-refractivity contribution >= 4 is 16.8 Å². The molecule has 1 saturated heterocycles. The molecule has 0 aliphatic carbocycles.